The van der Waals surface area contributed by atoms with E-state index in [4.69, 9.17) is 5.73 Å². The van der Waals surface area contributed by atoms with E-state index < -0.39 is 0 Å². The maximum Gasteiger partial charge on any atom is 0.280 e. The highest BCUT2D eigenvalue weighted by Crippen LogP contribution is 2.32. The Hall–Kier alpha value is -1.95. The molecule has 0 saturated heterocycles. The molecule has 2 aromatic rings. The molecule has 0 amide bonds. The number of benzene rings is 1. The molecule has 1 heterocycles. The van der Waals surface area contributed by atoms with E-state index >= 15 is 0 Å². The molecule has 6 heteroatoms. The molecule has 1 aromatic carbocycles. The fraction of sp³-hybridized carbons (Fsp3) is 0.462. The van der Waals surface area contributed by atoms with Crippen LogP contribution in [0.3, 0.4) is 0 Å². The predicted octanol–water partition coefficient (Wildman–Crippen LogP) is 2.39. The van der Waals surface area contributed by atoms with Crippen LogP contribution >= 0.6 is 0 Å². The molecular formula is C13H16N4O2. The molecule has 2 atom stereocenters. The molecule has 1 fully saturated rings. The van der Waals surface area contributed by atoms with Gasteiger partial charge in [-0.3, -0.25) is 14.8 Å². The lowest BCUT2D eigenvalue weighted by Gasteiger charge is -2.27. The molecule has 1 saturated carbocycles. The van der Waals surface area contributed by atoms with Crippen molar-refractivity contribution < 1.29 is 4.92 Å². The van der Waals surface area contributed by atoms with Crippen molar-refractivity contribution in [3.05, 3.63) is 34.5 Å². The largest absolute Gasteiger partial charge is 0.328 e. The molecule has 1 aromatic heterocycles. The number of rotatable bonds is 2. The highest BCUT2D eigenvalue weighted by Gasteiger charge is 2.24. The Kier molecular flexibility index (Phi) is 2.94. The third-order valence-corrected chi connectivity index (χ3v) is 3.85. The SMILES string of the molecule is N[C@@H]1CCC[C@H](n2ncc3c([N+](=O)[O-])cccc32)C1. The van der Waals surface area contributed by atoms with Crippen molar-refractivity contribution in [2.45, 2.75) is 37.8 Å². The van der Waals surface area contributed by atoms with Crippen molar-refractivity contribution in [1.29, 1.82) is 0 Å². The summed E-state index contributed by atoms with van der Waals surface area (Å²) < 4.78 is 1.90. The number of hydrogen-bond donors (Lipinski definition) is 1. The minimum Gasteiger partial charge on any atom is -0.328 e. The predicted molar refractivity (Wildman–Crippen MR) is 71.9 cm³/mol. The monoisotopic (exact) mass is 260 g/mol. The summed E-state index contributed by atoms with van der Waals surface area (Å²) in [6.45, 7) is 0. The molecule has 19 heavy (non-hydrogen) atoms. The molecule has 100 valence electrons. The topological polar surface area (TPSA) is 87.0 Å². The van der Waals surface area contributed by atoms with Crippen LogP contribution in [0, 0.1) is 10.1 Å². The molecule has 0 bridgehead atoms. The minimum atomic E-state index is -0.360. The Morgan fingerprint density at radius 1 is 1.42 bits per heavy atom. The number of nitro groups is 1. The standard InChI is InChI=1S/C13H16N4O2/c14-9-3-1-4-10(7-9)16-12-5-2-6-13(17(18)19)11(12)8-15-16/h2,5-6,8-10H,1,3-4,7,14H2/t9-,10+/m1/s1. The van der Waals surface area contributed by atoms with Crippen molar-refractivity contribution in [2.24, 2.45) is 5.73 Å². The summed E-state index contributed by atoms with van der Waals surface area (Å²) in [5.74, 6) is 0. The number of hydrogen-bond acceptors (Lipinski definition) is 4. The summed E-state index contributed by atoms with van der Waals surface area (Å²) >= 11 is 0. The Bertz CT molecular complexity index is 622. The van der Waals surface area contributed by atoms with E-state index in [-0.39, 0.29) is 22.7 Å². The normalized spacial score (nSPS) is 23.6. The first kappa shape index (κ1) is 12.1. The third kappa shape index (κ3) is 2.08. The van der Waals surface area contributed by atoms with Crippen molar-refractivity contribution in [3.63, 3.8) is 0 Å². The van der Waals surface area contributed by atoms with E-state index in [1.807, 2.05) is 10.7 Å². The molecule has 2 N–H and O–H groups in total. The first-order valence-electron chi connectivity index (χ1n) is 6.53. The summed E-state index contributed by atoms with van der Waals surface area (Å²) in [6, 6.07) is 5.57. The zero-order valence-corrected chi connectivity index (χ0v) is 10.5. The van der Waals surface area contributed by atoms with Gasteiger partial charge in [-0.05, 0) is 31.7 Å². The van der Waals surface area contributed by atoms with E-state index in [1.165, 1.54) is 6.07 Å². The van der Waals surface area contributed by atoms with Crippen LogP contribution in [0.1, 0.15) is 31.7 Å². The zero-order chi connectivity index (χ0) is 13.4. The molecule has 0 unspecified atom stereocenters. The van der Waals surface area contributed by atoms with Crippen molar-refractivity contribution >= 4 is 16.6 Å². The molecule has 0 aliphatic heterocycles. The van der Waals surface area contributed by atoms with Crippen LogP contribution in [-0.2, 0) is 0 Å². The lowest BCUT2D eigenvalue weighted by molar-refractivity contribution is -0.383. The van der Waals surface area contributed by atoms with Gasteiger partial charge in [0, 0.05) is 12.1 Å². The second kappa shape index (κ2) is 4.62. The molecule has 1 aliphatic carbocycles. The Morgan fingerprint density at radius 2 is 2.26 bits per heavy atom. The van der Waals surface area contributed by atoms with E-state index in [2.05, 4.69) is 5.10 Å². The van der Waals surface area contributed by atoms with Crippen LogP contribution in [0.2, 0.25) is 0 Å². The average molecular weight is 260 g/mol. The molecule has 0 spiro atoms. The van der Waals surface area contributed by atoms with Gasteiger partial charge in [-0.25, -0.2) is 0 Å². The first-order valence-corrected chi connectivity index (χ1v) is 6.53. The van der Waals surface area contributed by atoms with Gasteiger partial charge in [-0.1, -0.05) is 6.07 Å². The summed E-state index contributed by atoms with van der Waals surface area (Å²) in [4.78, 5) is 10.6. The minimum absolute atomic E-state index is 0.115. The van der Waals surface area contributed by atoms with E-state index in [9.17, 15) is 10.1 Å². The number of aromatic nitrogens is 2. The maximum atomic E-state index is 11.0. The van der Waals surface area contributed by atoms with Crippen LogP contribution in [0.4, 0.5) is 5.69 Å². The number of non-ortho nitro benzene ring substituents is 1. The third-order valence-electron chi connectivity index (χ3n) is 3.85. The number of nitrogens with zero attached hydrogens (tertiary/aromatic N) is 3. The second-order valence-corrected chi connectivity index (χ2v) is 5.14. The molecule has 1 aliphatic rings. The highest BCUT2D eigenvalue weighted by atomic mass is 16.6. The fourth-order valence-electron chi connectivity index (χ4n) is 2.93. The van der Waals surface area contributed by atoms with Gasteiger partial charge in [0.05, 0.1) is 28.1 Å². The van der Waals surface area contributed by atoms with Gasteiger partial charge in [0.2, 0.25) is 0 Å². The lowest BCUT2D eigenvalue weighted by Crippen LogP contribution is -2.29. The fourth-order valence-corrected chi connectivity index (χ4v) is 2.93. The molecule has 3 rings (SSSR count). The molecular weight excluding hydrogens is 244 g/mol. The zero-order valence-electron chi connectivity index (χ0n) is 10.5. The van der Waals surface area contributed by atoms with Crippen molar-refractivity contribution in [1.82, 2.24) is 9.78 Å². The summed E-state index contributed by atoms with van der Waals surface area (Å²) in [5.41, 5.74) is 6.95. The lowest BCUT2D eigenvalue weighted by atomic mass is 9.91. The number of fused-ring (bicyclic) bond motifs is 1. The summed E-state index contributed by atoms with van der Waals surface area (Å²) in [6.07, 6.45) is 5.65. The summed E-state index contributed by atoms with van der Waals surface area (Å²) in [7, 11) is 0. The van der Waals surface area contributed by atoms with Crippen LogP contribution in [-0.4, -0.2) is 20.7 Å². The van der Waals surface area contributed by atoms with Crippen molar-refractivity contribution in [3.8, 4) is 0 Å². The average Bonchev–Trinajstić information content (AvgIpc) is 2.82. The molecule has 0 radical (unpaired) electrons. The molecule has 6 nitrogen and oxygen atoms in total. The Morgan fingerprint density at radius 3 is 3.00 bits per heavy atom. The first-order chi connectivity index (χ1) is 9.16. The second-order valence-electron chi connectivity index (χ2n) is 5.14. The van der Waals surface area contributed by atoms with E-state index in [1.54, 1.807) is 12.3 Å². The van der Waals surface area contributed by atoms with E-state index in [0.717, 1.165) is 31.2 Å². The van der Waals surface area contributed by atoms with Gasteiger partial charge in [-0.2, -0.15) is 5.10 Å². The highest BCUT2D eigenvalue weighted by molar-refractivity contribution is 5.87. The van der Waals surface area contributed by atoms with E-state index in [0.29, 0.717) is 5.39 Å². The smallest absolute Gasteiger partial charge is 0.280 e. The van der Waals surface area contributed by atoms with Gasteiger partial charge in [0.1, 0.15) is 0 Å². The Balaban J connectivity index is 2.05. The van der Waals surface area contributed by atoms with Gasteiger partial charge in [0.15, 0.2) is 0 Å². The van der Waals surface area contributed by atoms with Gasteiger partial charge >= 0.3 is 0 Å². The number of nitrogens with two attached hydrogens (primary N) is 1. The van der Waals surface area contributed by atoms with Crippen LogP contribution in [0.25, 0.3) is 10.9 Å². The van der Waals surface area contributed by atoms with Gasteiger partial charge in [0.25, 0.3) is 5.69 Å². The van der Waals surface area contributed by atoms with Crippen LogP contribution in [0.15, 0.2) is 24.4 Å². The maximum absolute atomic E-state index is 11.0. The van der Waals surface area contributed by atoms with Crippen molar-refractivity contribution in [2.75, 3.05) is 0 Å². The van der Waals surface area contributed by atoms with Crippen LogP contribution < -0.4 is 5.73 Å². The van der Waals surface area contributed by atoms with Gasteiger partial charge < -0.3 is 5.73 Å². The number of nitro benzene ring substituents is 1. The summed E-state index contributed by atoms with van der Waals surface area (Å²) in [5, 5.41) is 16.0. The van der Waals surface area contributed by atoms with Gasteiger partial charge in [-0.15, -0.1) is 0 Å². The van der Waals surface area contributed by atoms with Crippen LogP contribution in [0.5, 0.6) is 0 Å². The quantitative estimate of drug-likeness (QED) is 0.663. The Labute approximate surface area is 110 Å².